The van der Waals surface area contributed by atoms with Gasteiger partial charge in [-0.15, -0.1) is 11.3 Å². The summed E-state index contributed by atoms with van der Waals surface area (Å²) in [6, 6.07) is 5.74. The molecule has 3 heterocycles. The number of nitrogens with zero attached hydrogens (tertiary/aromatic N) is 5. The highest BCUT2D eigenvalue weighted by Gasteiger charge is 2.36. The number of hydrogen-bond donors (Lipinski definition) is 4. The average molecular weight is 740 g/mol. The van der Waals surface area contributed by atoms with Gasteiger partial charge in [0.1, 0.15) is 21.8 Å². The molecule has 6 N–H and O–H groups in total. The van der Waals surface area contributed by atoms with Gasteiger partial charge in [-0.2, -0.15) is 5.10 Å². The molecule has 4 aromatic rings. The van der Waals surface area contributed by atoms with Gasteiger partial charge in [-0.05, 0) is 50.2 Å². The number of imidazole rings is 1. The molecule has 274 valence electrons. The quantitative estimate of drug-likeness (QED) is 0.0353. The molecule has 0 saturated heterocycles. The van der Waals surface area contributed by atoms with Crippen molar-refractivity contribution in [3.8, 4) is 5.75 Å². The topological polar surface area (TPSA) is 225 Å². The normalized spacial score (nSPS) is 12.1. The number of primary amides is 2. The zero-order valence-corrected chi connectivity index (χ0v) is 31.7. The maximum atomic E-state index is 13.2. The van der Waals surface area contributed by atoms with Crippen molar-refractivity contribution in [2.75, 3.05) is 30.4 Å². The molecule has 3 aromatic heterocycles. The fraction of sp³-hybridized carbons (Fsp3) is 0.424. The van der Waals surface area contributed by atoms with Crippen LogP contribution in [0.25, 0.3) is 10.3 Å². The van der Waals surface area contributed by atoms with Gasteiger partial charge in [0, 0.05) is 44.3 Å². The van der Waals surface area contributed by atoms with E-state index in [1.165, 1.54) is 6.07 Å². The van der Waals surface area contributed by atoms with E-state index in [1.807, 2.05) is 6.92 Å². The number of allylic oxidation sites excluding steroid dienone is 1. The summed E-state index contributed by atoms with van der Waals surface area (Å²) < 4.78 is 15.5. The average Bonchev–Trinajstić information content (AvgIpc) is 3.73. The Morgan fingerprint density at radius 3 is 2.45 bits per heavy atom. The molecule has 18 heteroatoms. The third kappa shape index (κ3) is 9.19. The standard InChI is InChI=1S/C33H45N9O7SSi/c1-8-41-24(16-20(2)39-41)30(45)38-32-37-22-19-26(29(35)44)50-31(22)40(32)13-10-9-12-36-27-23(42(46)47)17-21(28(34)43)18-25(27)48-14-11-15-49-51(6,7)33(3,4)5/h9-10,16-19,36H,8,11-15H2,1-7H3,(H2,34,43)(H2,35,44)(H,37,38,45)/b10-9+. The minimum atomic E-state index is -1.96. The number of amides is 3. The number of carbonyl (C=O) groups excluding carboxylic acids is 3. The van der Waals surface area contributed by atoms with Crippen LogP contribution in [0.5, 0.6) is 5.75 Å². The summed E-state index contributed by atoms with van der Waals surface area (Å²) in [6.45, 7) is 15.9. The van der Waals surface area contributed by atoms with Crippen molar-refractivity contribution in [2.24, 2.45) is 11.5 Å². The Balaban J connectivity index is 1.52. The van der Waals surface area contributed by atoms with Crippen LogP contribution in [0.15, 0.2) is 36.4 Å². The molecule has 1 aromatic carbocycles. The van der Waals surface area contributed by atoms with Gasteiger partial charge >= 0.3 is 0 Å². The number of nitro benzene ring substituents is 1. The second-order valence-electron chi connectivity index (χ2n) is 13.3. The van der Waals surface area contributed by atoms with E-state index in [2.05, 4.69) is 54.6 Å². The molecule has 0 radical (unpaired) electrons. The molecule has 0 saturated carbocycles. The lowest BCUT2D eigenvalue weighted by Gasteiger charge is -2.36. The number of fused-ring (bicyclic) bond motifs is 1. The van der Waals surface area contributed by atoms with E-state index in [0.29, 0.717) is 46.2 Å². The van der Waals surface area contributed by atoms with E-state index in [0.717, 1.165) is 17.4 Å². The largest absolute Gasteiger partial charge is 0.491 e. The van der Waals surface area contributed by atoms with E-state index < -0.39 is 31.0 Å². The molecule has 4 rings (SSSR count). The van der Waals surface area contributed by atoms with Crippen molar-refractivity contribution in [1.29, 1.82) is 0 Å². The third-order valence-electron chi connectivity index (χ3n) is 8.55. The monoisotopic (exact) mass is 739 g/mol. The molecule has 0 bridgehead atoms. The summed E-state index contributed by atoms with van der Waals surface area (Å²) in [6.07, 6.45) is 4.04. The van der Waals surface area contributed by atoms with Crippen molar-refractivity contribution in [2.45, 2.75) is 72.3 Å². The summed E-state index contributed by atoms with van der Waals surface area (Å²) in [5.41, 5.74) is 12.2. The van der Waals surface area contributed by atoms with Gasteiger partial charge < -0.3 is 25.9 Å². The molecular weight excluding hydrogens is 695 g/mol. The lowest BCUT2D eigenvalue weighted by molar-refractivity contribution is -0.384. The first kappa shape index (κ1) is 38.7. The molecule has 16 nitrogen and oxygen atoms in total. The van der Waals surface area contributed by atoms with Crippen LogP contribution >= 0.6 is 11.3 Å². The first-order valence-corrected chi connectivity index (χ1v) is 20.1. The number of aromatic nitrogens is 4. The molecule has 0 spiro atoms. The van der Waals surface area contributed by atoms with Crippen molar-refractivity contribution in [3.05, 3.63) is 68.4 Å². The number of anilines is 2. The van der Waals surface area contributed by atoms with Crippen molar-refractivity contribution < 1.29 is 28.5 Å². The smallest absolute Gasteiger partial charge is 0.296 e. The first-order chi connectivity index (χ1) is 23.9. The van der Waals surface area contributed by atoms with Gasteiger partial charge in [0.25, 0.3) is 17.5 Å². The Hall–Kier alpha value is -5.07. The highest BCUT2D eigenvalue weighted by Crippen LogP contribution is 2.38. The summed E-state index contributed by atoms with van der Waals surface area (Å²) in [7, 11) is -1.96. The Labute approximate surface area is 300 Å². The van der Waals surface area contributed by atoms with E-state index in [9.17, 15) is 24.5 Å². The van der Waals surface area contributed by atoms with Gasteiger partial charge in [-0.3, -0.25) is 39.1 Å². The van der Waals surface area contributed by atoms with Gasteiger partial charge in [-0.1, -0.05) is 32.9 Å². The fourth-order valence-electron chi connectivity index (χ4n) is 4.82. The summed E-state index contributed by atoms with van der Waals surface area (Å²) in [4.78, 5) is 54.0. The second-order valence-corrected chi connectivity index (χ2v) is 19.1. The summed E-state index contributed by atoms with van der Waals surface area (Å²) >= 11 is 1.14. The number of aryl methyl sites for hydroxylation is 2. The number of carbonyl (C=O) groups is 3. The van der Waals surface area contributed by atoms with Crippen LogP contribution in [0.2, 0.25) is 18.1 Å². The number of nitro groups is 1. The predicted octanol–water partition coefficient (Wildman–Crippen LogP) is 5.44. The van der Waals surface area contributed by atoms with Crippen LogP contribution in [-0.2, 0) is 17.5 Å². The zero-order chi connectivity index (χ0) is 37.7. The van der Waals surface area contributed by atoms with Crippen LogP contribution in [-0.4, -0.2) is 70.1 Å². The molecule has 0 unspecified atom stereocenters. The van der Waals surface area contributed by atoms with Gasteiger partial charge in [-0.25, -0.2) is 4.98 Å². The molecule has 0 atom stereocenters. The molecule has 0 aliphatic heterocycles. The summed E-state index contributed by atoms with van der Waals surface area (Å²) in [5, 5.41) is 22.3. The van der Waals surface area contributed by atoms with Crippen LogP contribution in [0.3, 0.4) is 0 Å². The summed E-state index contributed by atoms with van der Waals surface area (Å²) in [5.74, 6) is -1.46. The van der Waals surface area contributed by atoms with E-state index in [4.69, 9.17) is 20.6 Å². The maximum Gasteiger partial charge on any atom is 0.296 e. The number of hydrogen-bond acceptors (Lipinski definition) is 11. The van der Waals surface area contributed by atoms with Crippen LogP contribution in [0.4, 0.5) is 17.3 Å². The minimum Gasteiger partial charge on any atom is -0.491 e. The number of thiophene rings is 1. The second kappa shape index (κ2) is 15.9. The van der Waals surface area contributed by atoms with E-state index in [-0.39, 0.29) is 53.4 Å². The minimum absolute atomic E-state index is 0.0446. The number of nitrogens with two attached hydrogens (primary N) is 2. The predicted molar refractivity (Wildman–Crippen MR) is 199 cm³/mol. The molecule has 51 heavy (non-hydrogen) atoms. The van der Waals surface area contributed by atoms with Crippen LogP contribution in [0, 0.1) is 17.0 Å². The molecular formula is C33H45N9O7SSi. The first-order valence-electron chi connectivity index (χ1n) is 16.4. The number of benzene rings is 1. The number of rotatable bonds is 17. The molecule has 0 aliphatic rings. The number of nitrogens with one attached hydrogen (secondary N) is 2. The van der Waals surface area contributed by atoms with Crippen LogP contribution < -0.4 is 26.8 Å². The lowest BCUT2D eigenvalue weighted by Crippen LogP contribution is -2.41. The highest BCUT2D eigenvalue weighted by molar-refractivity contribution is 7.20. The molecule has 0 aliphatic carbocycles. The van der Waals surface area contributed by atoms with Crippen LogP contribution in [0.1, 0.15) is 70.3 Å². The fourth-order valence-corrected chi connectivity index (χ4v) is 6.87. The number of ether oxygens (including phenoxy) is 1. The molecule has 0 fully saturated rings. The third-order valence-corrected chi connectivity index (χ3v) is 14.3. The zero-order valence-electron chi connectivity index (χ0n) is 29.9. The van der Waals surface area contributed by atoms with Crippen molar-refractivity contribution >= 4 is 65.0 Å². The highest BCUT2D eigenvalue weighted by atomic mass is 32.1. The van der Waals surface area contributed by atoms with Crippen molar-refractivity contribution in [3.63, 3.8) is 0 Å². The Morgan fingerprint density at radius 1 is 1.10 bits per heavy atom. The van der Waals surface area contributed by atoms with E-state index in [1.54, 1.807) is 40.5 Å². The molecule has 3 amide bonds. The lowest BCUT2D eigenvalue weighted by atomic mass is 10.1. The van der Waals surface area contributed by atoms with Gasteiger partial charge in [0.2, 0.25) is 11.9 Å². The maximum absolute atomic E-state index is 13.2. The SMILES string of the molecule is CCn1nc(C)cc1C(=O)Nc1nc2cc(C(N)=O)sc2n1C/C=C/CNc1c(OCCCO[Si](C)(C)C(C)(C)C)cc(C(N)=O)cc1[N+](=O)[O-]. The Kier molecular flexibility index (Phi) is 12.0. The van der Waals surface area contributed by atoms with E-state index >= 15 is 0 Å². The van der Waals surface area contributed by atoms with Gasteiger partial charge in [0.15, 0.2) is 14.0 Å². The van der Waals surface area contributed by atoms with Crippen molar-refractivity contribution in [1.82, 2.24) is 19.3 Å². The van der Waals surface area contributed by atoms with Gasteiger partial charge in [0.05, 0.1) is 22.1 Å². The Bertz CT molecular complexity index is 1970. The Morgan fingerprint density at radius 2 is 1.82 bits per heavy atom.